The van der Waals surface area contributed by atoms with Gasteiger partial charge in [-0.2, -0.15) is 0 Å². The third-order valence-corrected chi connectivity index (χ3v) is 4.89. The van der Waals surface area contributed by atoms with Crippen LogP contribution in [0, 0.1) is 12.8 Å². The van der Waals surface area contributed by atoms with Crippen LogP contribution in [0.1, 0.15) is 30.5 Å². The van der Waals surface area contributed by atoms with Gasteiger partial charge in [0.05, 0.1) is 12.0 Å². The molecular weight excluding hydrogens is 356 g/mol. The summed E-state index contributed by atoms with van der Waals surface area (Å²) in [7, 11) is 0. The fraction of sp³-hybridized carbons (Fsp3) is 0.318. The highest BCUT2D eigenvalue weighted by atomic mass is 16.5. The lowest BCUT2D eigenvalue weighted by Crippen LogP contribution is -2.33. The number of carbonyl (C=O) groups is 3. The maximum absolute atomic E-state index is 12.3. The molecule has 0 aromatic heterocycles. The van der Waals surface area contributed by atoms with Crippen LogP contribution < -0.4 is 10.2 Å². The van der Waals surface area contributed by atoms with Gasteiger partial charge in [0.1, 0.15) is 0 Å². The predicted octanol–water partition coefficient (Wildman–Crippen LogP) is 2.77. The molecule has 0 radical (unpaired) electrons. The van der Waals surface area contributed by atoms with E-state index in [1.165, 1.54) is 0 Å². The summed E-state index contributed by atoms with van der Waals surface area (Å²) in [6.45, 7) is 3.70. The van der Waals surface area contributed by atoms with Gasteiger partial charge in [0.2, 0.25) is 5.91 Å². The maximum atomic E-state index is 12.3. The lowest BCUT2D eigenvalue weighted by Gasteiger charge is -2.19. The van der Waals surface area contributed by atoms with E-state index < -0.39 is 11.9 Å². The van der Waals surface area contributed by atoms with E-state index in [9.17, 15) is 14.4 Å². The minimum absolute atomic E-state index is 0.0925. The first-order valence-electron chi connectivity index (χ1n) is 9.32. The highest BCUT2D eigenvalue weighted by Crippen LogP contribution is 2.28. The van der Waals surface area contributed by atoms with E-state index in [0.717, 1.165) is 16.8 Å². The van der Waals surface area contributed by atoms with Crippen molar-refractivity contribution in [1.29, 1.82) is 0 Å². The zero-order chi connectivity index (χ0) is 20.1. The second kappa shape index (κ2) is 8.69. The molecule has 1 heterocycles. The summed E-state index contributed by atoms with van der Waals surface area (Å²) in [5.41, 5.74) is 2.74. The number of anilines is 1. The van der Waals surface area contributed by atoms with Crippen molar-refractivity contribution in [2.24, 2.45) is 5.92 Å². The summed E-state index contributed by atoms with van der Waals surface area (Å²) in [5, 5.41) is 2.80. The van der Waals surface area contributed by atoms with Crippen LogP contribution in [0.5, 0.6) is 0 Å². The minimum Gasteiger partial charge on any atom is -0.455 e. The number of benzene rings is 2. The third-order valence-electron chi connectivity index (χ3n) is 4.89. The molecule has 0 unspecified atom stereocenters. The van der Waals surface area contributed by atoms with Crippen molar-refractivity contribution in [2.75, 3.05) is 18.1 Å². The number of esters is 1. The largest absolute Gasteiger partial charge is 0.455 e. The van der Waals surface area contributed by atoms with Crippen LogP contribution >= 0.6 is 0 Å². The Morgan fingerprint density at radius 2 is 1.82 bits per heavy atom. The second-order valence-electron chi connectivity index (χ2n) is 7.00. The Labute approximate surface area is 164 Å². The molecule has 1 N–H and O–H groups in total. The molecule has 3 rings (SSSR count). The van der Waals surface area contributed by atoms with Crippen molar-refractivity contribution in [1.82, 2.24) is 5.32 Å². The quantitative estimate of drug-likeness (QED) is 0.782. The molecule has 0 aliphatic carbocycles. The Balaban J connectivity index is 1.51. The number of para-hydroxylation sites is 1. The molecule has 2 aromatic carbocycles. The zero-order valence-electron chi connectivity index (χ0n) is 16.1. The van der Waals surface area contributed by atoms with Crippen LogP contribution in [0.4, 0.5) is 5.69 Å². The molecule has 2 amide bonds. The van der Waals surface area contributed by atoms with Crippen molar-refractivity contribution in [2.45, 2.75) is 26.3 Å². The Bertz CT molecular complexity index is 866. The fourth-order valence-electron chi connectivity index (χ4n) is 3.33. The Hall–Kier alpha value is -3.15. The van der Waals surface area contributed by atoms with Crippen molar-refractivity contribution in [3.05, 3.63) is 65.7 Å². The molecule has 0 bridgehead atoms. The van der Waals surface area contributed by atoms with Gasteiger partial charge in [0.15, 0.2) is 6.61 Å². The van der Waals surface area contributed by atoms with Crippen LogP contribution in [0.3, 0.4) is 0 Å². The molecule has 1 aliphatic heterocycles. The van der Waals surface area contributed by atoms with Crippen molar-refractivity contribution < 1.29 is 19.1 Å². The van der Waals surface area contributed by atoms with Gasteiger partial charge in [-0.1, -0.05) is 48.5 Å². The molecule has 2 aromatic rings. The van der Waals surface area contributed by atoms with E-state index in [2.05, 4.69) is 5.32 Å². The number of aryl methyl sites for hydroxylation is 1. The lowest BCUT2D eigenvalue weighted by molar-refractivity contribution is -0.152. The zero-order valence-corrected chi connectivity index (χ0v) is 16.1. The highest BCUT2D eigenvalue weighted by Gasteiger charge is 2.36. The summed E-state index contributed by atoms with van der Waals surface area (Å²) in [4.78, 5) is 38.3. The average molecular weight is 380 g/mol. The first-order valence-corrected chi connectivity index (χ1v) is 9.32. The summed E-state index contributed by atoms with van der Waals surface area (Å²) in [6.07, 6.45) is 0.0925. The smallest absolute Gasteiger partial charge is 0.311 e. The third kappa shape index (κ3) is 4.57. The number of nitrogens with zero attached hydrogens (tertiary/aromatic N) is 1. The molecule has 1 aliphatic rings. The van der Waals surface area contributed by atoms with Crippen molar-refractivity contribution in [3.63, 3.8) is 0 Å². The lowest BCUT2D eigenvalue weighted by atomic mass is 10.1. The van der Waals surface area contributed by atoms with Crippen molar-refractivity contribution >= 4 is 23.5 Å². The predicted molar refractivity (Wildman–Crippen MR) is 106 cm³/mol. The maximum Gasteiger partial charge on any atom is 0.311 e. The summed E-state index contributed by atoms with van der Waals surface area (Å²) >= 11 is 0. The van der Waals surface area contributed by atoms with Gasteiger partial charge in [-0.05, 0) is 31.0 Å². The summed E-state index contributed by atoms with van der Waals surface area (Å²) < 4.78 is 5.16. The topological polar surface area (TPSA) is 75.7 Å². The van der Waals surface area contributed by atoms with Crippen LogP contribution in [0.2, 0.25) is 0 Å². The van der Waals surface area contributed by atoms with Gasteiger partial charge in [-0.3, -0.25) is 14.4 Å². The van der Waals surface area contributed by atoms with E-state index >= 15 is 0 Å². The molecular formula is C22H24N2O4. The Morgan fingerprint density at radius 3 is 2.54 bits per heavy atom. The summed E-state index contributed by atoms with van der Waals surface area (Å²) in [5.74, 6) is -1.57. The van der Waals surface area contributed by atoms with E-state index in [-0.39, 0.29) is 37.4 Å². The van der Waals surface area contributed by atoms with Gasteiger partial charge in [-0.25, -0.2) is 0 Å². The number of amides is 2. The van der Waals surface area contributed by atoms with Gasteiger partial charge in [0.25, 0.3) is 5.91 Å². The number of carbonyl (C=O) groups excluding carboxylic acids is 3. The monoisotopic (exact) mass is 380 g/mol. The van der Waals surface area contributed by atoms with E-state index in [1.807, 2.05) is 68.4 Å². The average Bonchev–Trinajstić information content (AvgIpc) is 3.08. The van der Waals surface area contributed by atoms with Crippen LogP contribution in [0.25, 0.3) is 0 Å². The molecule has 6 nitrogen and oxygen atoms in total. The van der Waals surface area contributed by atoms with Crippen LogP contribution in [0.15, 0.2) is 54.6 Å². The van der Waals surface area contributed by atoms with E-state index in [1.54, 1.807) is 4.90 Å². The molecule has 0 saturated carbocycles. The molecule has 6 heteroatoms. The first kappa shape index (κ1) is 19.6. The minimum atomic E-state index is -0.563. The standard InChI is InChI=1S/C22H24N2O4/c1-15-8-6-7-11-19(15)24-13-18(12-21(24)26)22(27)28-14-20(25)23-16(2)17-9-4-3-5-10-17/h3-11,16,18H,12-14H2,1-2H3,(H,23,25)/t16-,18+/m1/s1. The fourth-order valence-corrected chi connectivity index (χ4v) is 3.33. The number of nitrogens with one attached hydrogen (secondary N) is 1. The van der Waals surface area contributed by atoms with Gasteiger partial charge >= 0.3 is 5.97 Å². The van der Waals surface area contributed by atoms with E-state index in [0.29, 0.717) is 0 Å². The van der Waals surface area contributed by atoms with Gasteiger partial charge in [0, 0.05) is 18.7 Å². The molecule has 1 fully saturated rings. The SMILES string of the molecule is Cc1ccccc1N1C[C@@H](C(=O)OCC(=O)N[C@H](C)c2ccccc2)CC1=O. The number of ether oxygens (including phenoxy) is 1. The van der Waals surface area contributed by atoms with Gasteiger partial charge in [-0.15, -0.1) is 0 Å². The summed E-state index contributed by atoms with van der Waals surface area (Å²) in [6, 6.07) is 16.9. The molecule has 146 valence electrons. The van der Waals surface area contributed by atoms with Crippen LogP contribution in [-0.4, -0.2) is 30.9 Å². The molecule has 2 atom stereocenters. The molecule has 28 heavy (non-hydrogen) atoms. The number of hydrogen-bond acceptors (Lipinski definition) is 4. The highest BCUT2D eigenvalue weighted by molar-refractivity contribution is 6.00. The number of hydrogen-bond donors (Lipinski definition) is 1. The second-order valence-corrected chi connectivity index (χ2v) is 7.00. The Morgan fingerprint density at radius 1 is 1.14 bits per heavy atom. The first-order chi connectivity index (χ1) is 13.5. The van der Waals surface area contributed by atoms with E-state index in [4.69, 9.17) is 4.74 Å². The molecule has 1 saturated heterocycles. The van der Waals surface area contributed by atoms with Gasteiger partial charge < -0.3 is 15.0 Å². The Kier molecular flexibility index (Phi) is 6.09. The van der Waals surface area contributed by atoms with Crippen molar-refractivity contribution in [3.8, 4) is 0 Å². The number of rotatable bonds is 6. The molecule has 0 spiro atoms. The van der Waals surface area contributed by atoms with Crippen LogP contribution in [-0.2, 0) is 19.1 Å². The normalized spacial score (nSPS) is 17.3.